The maximum absolute atomic E-state index is 5.37. The predicted octanol–water partition coefficient (Wildman–Crippen LogP) is 1.76. The van der Waals surface area contributed by atoms with E-state index in [9.17, 15) is 0 Å². The Balaban J connectivity index is 1.86. The molecule has 0 spiro atoms. The van der Waals surface area contributed by atoms with Crippen LogP contribution in [0.5, 0.6) is 0 Å². The average molecular weight is 257 g/mol. The first-order chi connectivity index (χ1) is 8.29. The molecule has 5 nitrogen and oxygen atoms in total. The van der Waals surface area contributed by atoms with Crippen molar-refractivity contribution in [2.75, 3.05) is 19.8 Å². The summed E-state index contributed by atoms with van der Waals surface area (Å²) in [6.45, 7) is 6.59. The molecular formula is C11H19N3O2S. The summed E-state index contributed by atoms with van der Waals surface area (Å²) in [5.41, 5.74) is 0. The van der Waals surface area contributed by atoms with Crippen LogP contribution >= 0.6 is 11.8 Å². The predicted molar refractivity (Wildman–Crippen MR) is 66.9 cm³/mol. The van der Waals surface area contributed by atoms with Gasteiger partial charge in [0, 0.05) is 11.8 Å². The summed E-state index contributed by atoms with van der Waals surface area (Å²) >= 11 is 1.85. The first-order valence-electron chi connectivity index (χ1n) is 6.04. The highest BCUT2D eigenvalue weighted by atomic mass is 32.2. The summed E-state index contributed by atoms with van der Waals surface area (Å²) in [7, 11) is 0. The molecule has 0 saturated carbocycles. The maximum Gasteiger partial charge on any atom is 0.246 e. The third kappa shape index (κ3) is 3.69. The number of ether oxygens (including phenoxy) is 1. The van der Waals surface area contributed by atoms with Crippen molar-refractivity contribution in [2.24, 2.45) is 0 Å². The monoisotopic (exact) mass is 257 g/mol. The van der Waals surface area contributed by atoms with Gasteiger partial charge < -0.3 is 14.6 Å². The number of hydrogen-bond acceptors (Lipinski definition) is 6. The number of morpholine rings is 1. The summed E-state index contributed by atoms with van der Waals surface area (Å²) in [5, 5.41) is 7.92. The van der Waals surface area contributed by atoms with Crippen LogP contribution in [-0.2, 0) is 10.5 Å². The molecule has 96 valence electrons. The van der Waals surface area contributed by atoms with E-state index in [4.69, 9.17) is 9.26 Å². The van der Waals surface area contributed by atoms with E-state index in [1.54, 1.807) is 0 Å². The molecule has 1 aromatic heterocycles. The van der Waals surface area contributed by atoms with E-state index in [0.29, 0.717) is 17.7 Å². The van der Waals surface area contributed by atoms with Crippen LogP contribution in [0.2, 0.25) is 0 Å². The lowest BCUT2D eigenvalue weighted by Gasteiger charge is -2.20. The lowest BCUT2D eigenvalue weighted by molar-refractivity contribution is 0.0659. The number of nitrogens with zero attached hydrogens (tertiary/aromatic N) is 2. The minimum absolute atomic E-state index is 0.0543. The van der Waals surface area contributed by atoms with Gasteiger partial charge in [0.1, 0.15) is 6.04 Å². The van der Waals surface area contributed by atoms with Gasteiger partial charge in [0.25, 0.3) is 0 Å². The summed E-state index contributed by atoms with van der Waals surface area (Å²) < 4.78 is 10.6. The molecule has 2 heterocycles. The molecule has 1 N–H and O–H groups in total. The normalized spacial score (nSPS) is 22.6. The van der Waals surface area contributed by atoms with E-state index in [1.165, 1.54) is 0 Å². The molecule has 1 aliphatic rings. The molecule has 0 aliphatic carbocycles. The quantitative estimate of drug-likeness (QED) is 0.867. The fourth-order valence-corrected chi connectivity index (χ4v) is 2.31. The van der Waals surface area contributed by atoms with Gasteiger partial charge in [-0.05, 0) is 6.42 Å². The van der Waals surface area contributed by atoms with Crippen LogP contribution in [0.15, 0.2) is 4.52 Å². The maximum atomic E-state index is 5.37. The molecule has 1 aliphatic heterocycles. The smallest absolute Gasteiger partial charge is 0.246 e. The van der Waals surface area contributed by atoms with Crippen molar-refractivity contribution in [1.82, 2.24) is 15.5 Å². The van der Waals surface area contributed by atoms with Crippen LogP contribution < -0.4 is 5.32 Å². The Labute approximate surface area is 106 Å². The Bertz CT molecular complexity index is 339. The lowest BCUT2D eigenvalue weighted by Crippen LogP contribution is -2.34. The van der Waals surface area contributed by atoms with Crippen LogP contribution in [0.25, 0.3) is 0 Å². The minimum atomic E-state index is 0.0543. The van der Waals surface area contributed by atoms with Crippen molar-refractivity contribution in [3.8, 4) is 0 Å². The fraction of sp³-hybridized carbons (Fsp3) is 0.818. The van der Waals surface area contributed by atoms with Gasteiger partial charge in [-0.3, -0.25) is 0 Å². The number of hydrogen-bond donors (Lipinski definition) is 1. The Morgan fingerprint density at radius 3 is 3.18 bits per heavy atom. The summed E-state index contributed by atoms with van der Waals surface area (Å²) in [4.78, 5) is 4.40. The molecular weight excluding hydrogens is 238 g/mol. The largest absolute Gasteiger partial charge is 0.378 e. The van der Waals surface area contributed by atoms with Crippen molar-refractivity contribution >= 4 is 11.8 Å². The van der Waals surface area contributed by atoms with E-state index in [-0.39, 0.29) is 6.04 Å². The second-order valence-electron chi connectivity index (χ2n) is 4.16. The molecule has 17 heavy (non-hydrogen) atoms. The molecule has 2 rings (SSSR count). The number of aromatic nitrogens is 2. The highest BCUT2D eigenvalue weighted by Gasteiger charge is 2.21. The molecule has 6 heteroatoms. The van der Waals surface area contributed by atoms with Gasteiger partial charge >= 0.3 is 0 Å². The van der Waals surface area contributed by atoms with Crippen LogP contribution in [0.1, 0.15) is 38.0 Å². The standard InChI is InChI=1S/C11H19N3O2S/c1-3-8(2)17-7-10-13-11(16-14-10)9-6-15-5-4-12-9/h8-9,12H,3-7H2,1-2H3. The van der Waals surface area contributed by atoms with E-state index >= 15 is 0 Å². The Morgan fingerprint density at radius 1 is 1.59 bits per heavy atom. The number of nitrogens with one attached hydrogen (secondary N) is 1. The molecule has 0 radical (unpaired) electrons. The molecule has 0 aromatic carbocycles. The minimum Gasteiger partial charge on any atom is -0.378 e. The Kier molecular flexibility index (Phi) is 4.82. The molecule has 1 fully saturated rings. The topological polar surface area (TPSA) is 60.2 Å². The van der Waals surface area contributed by atoms with Gasteiger partial charge in [0.2, 0.25) is 5.89 Å². The average Bonchev–Trinajstić information content (AvgIpc) is 2.86. The zero-order chi connectivity index (χ0) is 12.1. The van der Waals surface area contributed by atoms with E-state index in [0.717, 1.165) is 31.1 Å². The fourth-order valence-electron chi connectivity index (χ4n) is 1.53. The molecule has 0 amide bonds. The molecule has 0 bridgehead atoms. The van der Waals surface area contributed by atoms with Crippen LogP contribution in [0.3, 0.4) is 0 Å². The van der Waals surface area contributed by atoms with E-state index < -0.39 is 0 Å². The molecule has 1 saturated heterocycles. The molecule has 2 unspecified atom stereocenters. The zero-order valence-electron chi connectivity index (χ0n) is 10.3. The number of rotatable bonds is 5. The molecule has 1 aromatic rings. The lowest BCUT2D eigenvalue weighted by atomic mass is 10.3. The van der Waals surface area contributed by atoms with Gasteiger partial charge in [0.05, 0.1) is 19.0 Å². The Morgan fingerprint density at radius 2 is 2.47 bits per heavy atom. The van der Waals surface area contributed by atoms with Crippen molar-refractivity contribution in [2.45, 2.75) is 37.3 Å². The van der Waals surface area contributed by atoms with Crippen molar-refractivity contribution in [1.29, 1.82) is 0 Å². The summed E-state index contributed by atoms with van der Waals surface area (Å²) in [5.74, 6) is 2.23. The van der Waals surface area contributed by atoms with Crippen molar-refractivity contribution in [3.05, 3.63) is 11.7 Å². The first kappa shape index (κ1) is 12.9. The van der Waals surface area contributed by atoms with Gasteiger partial charge in [-0.2, -0.15) is 16.7 Å². The Hall–Kier alpha value is -0.590. The number of thioether (sulfide) groups is 1. The van der Waals surface area contributed by atoms with E-state index in [1.807, 2.05) is 11.8 Å². The second kappa shape index (κ2) is 6.37. The molecule has 2 atom stereocenters. The van der Waals surface area contributed by atoms with Gasteiger partial charge in [-0.25, -0.2) is 0 Å². The van der Waals surface area contributed by atoms with Crippen LogP contribution in [0, 0.1) is 0 Å². The van der Waals surface area contributed by atoms with Crippen LogP contribution in [0.4, 0.5) is 0 Å². The van der Waals surface area contributed by atoms with Gasteiger partial charge in [0.15, 0.2) is 5.82 Å². The van der Waals surface area contributed by atoms with Crippen LogP contribution in [-0.4, -0.2) is 35.1 Å². The highest BCUT2D eigenvalue weighted by molar-refractivity contribution is 7.99. The van der Waals surface area contributed by atoms with Crippen molar-refractivity contribution in [3.63, 3.8) is 0 Å². The van der Waals surface area contributed by atoms with Gasteiger partial charge in [-0.15, -0.1) is 0 Å². The first-order valence-corrected chi connectivity index (χ1v) is 7.09. The summed E-state index contributed by atoms with van der Waals surface area (Å²) in [6.07, 6.45) is 1.16. The second-order valence-corrected chi connectivity index (χ2v) is 5.59. The highest BCUT2D eigenvalue weighted by Crippen LogP contribution is 2.20. The third-order valence-corrected chi connectivity index (χ3v) is 4.10. The SMILES string of the molecule is CCC(C)SCc1noc(C2COCCN2)n1. The van der Waals surface area contributed by atoms with E-state index in [2.05, 4.69) is 29.3 Å². The zero-order valence-corrected chi connectivity index (χ0v) is 11.1. The third-order valence-electron chi connectivity index (χ3n) is 2.78. The summed E-state index contributed by atoms with van der Waals surface area (Å²) in [6, 6.07) is 0.0543. The van der Waals surface area contributed by atoms with Gasteiger partial charge in [-0.1, -0.05) is 19.0 Å². The van der Waals surface area contributed by atoms with Crippen molar-refractivity contribution < 1.29 is 9.26 Å².